The molecule has 6 heteroatoms. The Bertz CT molecular complexity index is 654. The summed E-state index contributed by atoms with van der Waals surface area (Å²) in [6.45, 7) is 0.368. The van der Waals surface area contributed by atoms with E-state index in [1.54, 1.807) is 30.1 Å². The highest BCUT2D eigenvalue weighted by molar-refractivity contribution is 6.30. The quantitative estimate of drug-likeness (QED) is 0.923. The van der Waals surface area contributed by atoms with E-state index in [1.807, 2.05) is 12.1 Å². The van der Waals surface area contributed by atoms with Gasteiger partial charge in [0.1, 0.15) is 12.4 Å². The molecular formula is C14H14ClN3O2. The maximum Gasteiger partial charge on any atom is 0.232 e. The first-order valence-corrected chi connectivity index (χ1v) is 6.71. The molecule has 2 aromatic rings. The molecule has 0 saturated carbocycles. The highest BCUT2D eigenvalue weighted by atomic mass is 35.5. The number of benzene rings is 1. The summed E-state index contributed by atoms with van der Waals surface area (Å²) in [6, 6.07) is 7.22. The number of rotatable bonds is 2. The predicted octanol–water partition coefficient (Wildman–Crippen LogP) is 2.26. The van der Waals surface area contributed by atoms with E-state index >= 15 is 0 Å². The number of nitrogens with one attached hydrogen (secondary N) is 1. The fourth-order valence-electron chi connectivity index (χ4n) is 2.24. The minimum absolute atomic E-state index is 0.0886. The molecule has 1 aliphatic heterocycles. The molecule has 1 N–H and O–H groups in total. The lowest BCUT2D eigenvalue weighted by atomic mass is 9.96. The summed E-state index contributed by atoms with van der Waals surface area (Å²) in [7, 11) is 1.80. The van der Waals surface area contributed by atoms with Gasteiger partial charge in [-0.25, -0.2) is 0 Å². The van der Waals surface area contributed by atoms with Crippen molar-refractivity contribution in [2.24, 2.45) is 13.0 Å². The molecule has 0 saturated heterocycles. The van der Waals surface area contributed by atoms with Gasteiger partial charge in [-0.05, 0) is 30.2 Å². The minimum Gasteiger partial charge on any atom is -0.492 e. The zero-order chi connectivity index (χ0) is 14.1. The van der Waals surface area contributed by atoms with E-state index in [4.69, 9.17) is 16.3 Å². The van der Waals surface area contributed by atoms with E-state index < -0.39 is 0 Å². The van der Waals surface area contributed by atoms with Crippen LogP contribution in [0.15, 0.2) is 30.5 Å². The first kappa shape index (κ1) is 13.0. The summed E-state index contributed by atoms with van der Waals surface area (Å²) in [5.41, 5.74) is 0.963. The van der Waals surface area contributed by atoms with E-state index in [9.17, 15) is 4.79 Å². The molecule has 104 valence electrons. The molecule has 1 atom stereocenters. The van der Waals surface area contributed by atoms with Crippen molar-refractivity contribution < 1.29 is 9.53 Å². The predicted molar refractivity (Wildman–Crippen MR) is 76.0 cm³/mol. The van der Waals surface area contributed by atoms with Crippen molar-refractivity contribution in [1.29, 1.82) is 0 Å². The van der Waals surface area contributed by atoms with Crippen LogP contribution in [0.25, 0.3) is 0 Å². The fraction of sp³-hybridized carbons (Fsp3) is 0.286. The number of aromatic nitrogens is 2. The number of hydrogen-bond donors (Lipinski definition) is 1. The number of amides is 1. The summed E-state index contributed by atoms with van der Waals surface area (Å²) in [6.07, 6.45) is 2.40. The van der Waals surface area contributed by atoms with Gasteiger partial charge in [-0.1, -0.05) is 11.6 Å². The van der Waals surface area contributed by atoms with Crippen molar-refractivity contribution in [1.82, 2.24) is 9.78 Å². The smallest absolute Gasteiger partial charge is 0.232 e. The number of halogens is 1. The maximum atomic E-state index is 12.2. The fourth-order valence-corrected chi connectivity index (χ4v) is 2.44. The van der Waals surface area contributed by atoms with Gasteiger partial charge in [0.15, 0.2) is 5.82 Å². The van der Waals surface area contributed by atoms with Crippen molar-refractivity contribution in [3.05, 3.63) is 41.0 Å². The molecule has 0 fully saturated rings. The zero-order valence-electron chi connectivity index (χ0n) is 11.0. The van der Waals surface area contributed by atoms with Gasteiger partial charge in [0, 0.05) is 24.3 Å². The van der Waals surface area contributed by atoms with Crippen LogP contribution in [-0.4, -0.2) is 22.3 Å². The largest absolute Gasteiger partial charge is 0.492 e. The molecule has 1 aliphatic rings. The zero-order valence-corrected chi connectivity index (χ0v) is 11.7. The van der Waals surface area contributed by atoms with E-state index in [-0.39, 0.29) is 11.8 Å². The lowest BCUT2D eigenvalue weighted by Gasteiger charge is -2.24. The highest BCUT2D eigenvalue weighted by Crippen LogP contribution is 2.30. The number of anilines is 1. The summed E-state index contributed by atoms with van der Waals surface area (Å²) in [4.78, 5) is 12.2. The Labute approximate surface area is 121 Å². The number of ether oxygens (including phenoxy) is 1. The van der Waals surface area contributed by atoms with Crippen LogP contribution in [0, 0.1) is 5.92 Å². The van der Waals surface area contributed by atoms with Crippen LogP contribution >= 0.6 is 11.6 Å². The molecule has 3 rings (SSSR count). The average Bonchev–Trinajstić information content (AvgIpc) is 2.83. The van der Waals surface area contributed by atoms with E-state index in [2.05, 4.69) is 10.4 Å². The number of carbonyl (C=O) groups excluding carboxylic acids is 1. The first-order valence-electron chi connectivity index (χ1n) is 6.33. The van der Waals surface area contributed by atoms with Gasteiger partial charge in [-0.2, -0.15) is 5.10 Å². The first-order chi connectivity index (χ1) is 9.61. The maximum absolute atomic E-state index is 12.2. The monoisotopic (exact) mass is 291 g/mol. The third kappa shape index (κ3) is 2.63. The number of hydrogen-bond acceptors (Lipinski definition) is 3. The van der Waals surface area contributed by atoms with E-state index in [0.717, 1.165) is 11.3 Å². The molecule has 1 aromatic heterocycles. The molecule has 1 aromatic carbocycles. The average molecular weight is 292 g/mol. The Kier molecular flexibility index (Phi) is 3.36. The number of aryl methyl sites for hydroxylation is 1. The standard InChI is InChI=1S/C14H14ClN3O2/c1-18-5-4-13(17-18)16-14(19)10-6-9-7-11(15)2-3-12(9)20-8-10/h2-5,7,10H,6,8H2,1H3,(H,16,17,19). The van der Waals surface area contributed by atoms with E-state index in [1.165, 1.54) is 0 Å². The highest BCUT2D eigenvalue weighted by Gasteiger charge is 2.26. The number of nitrogens with zero attached hydrogens (tertiary/aromatic N) is 2. The molecule has 0 aliphatic carbocycles. The van der Waals surface area contributed by atoms with Crippen molar-refractivity contribution in [3.63, 3.8) is 0 Å². The second-order valence-electron chi connectivity index (χ2n) is 4.83. The molecule has 1 unspecified atom stereocenters. The second kappa shape index (κ2) is 5.17. The lowest BCUT2D eigenvalue weighted by Crippen LogP contribution is -2.32. The second-order valence-corrected chi connectivity index (χ2v) is 5.26. The van der Waals surface area contributed by atoms with Gasteiger partial charge in [0.05, 0.1) is 5.92 Å². The van der Waals surface area contributed by atoms with Crippen molar-refractivity contribution >= 4 is 23.3 Å². The summed E-state index contributed by atoms with van der Waals surface area (Å²) < 4.78 is 7.25. The van der Waals surface area contributed by atoms with Gasteiger partial charge < -0.3 is 10.1 Å². The molecule has 1 amide bonds. The van der Waals surface area contributed by atoms with Crippen molar-refractivity contribution in [2.75, 3.05) is 11.9 Å². The minimum atomic E-state index is -0.233. The van der Waals surface area contributed by atoms with Gasteiger partial charge in [0.2, 0.25) is 5.91 Å². The van der Waals surface area contributed by atoms with Crippen LogP contribution < -0.4 is 10.1 Å². The Morgan fingerprint density at radius 2 is 2.35 bits per heavy atom. The molecule has 0 radical (unpaired) electrons. The normalized spacial score (nSPS) is 17.2. The van der Waals surface area contributed by atoms with E-state index in [0.29, 0.717) is 23.9 Å². The van der Waals surface area contributed by atoms with Crippen molar-refractivity contribution in [2.45, 2.75) is 6.42 Å². The van der Waals surface area contributed by atoms with Crippen LogP contribution in [0.2, 0.25) is 5.02 Å². The van der Waals surface area contributed by atoms with Crippen LogP contribution in [0.3, 0.4) is 0 Å². The lowest BCUT2D eigenvalue weighted by molar-refractivity contribution is -0.121. The summed E-state index contributed by atoms with van der Waals surface area (Å²) in [5.74, 6) is 1.03. The van der Waals surface area contributed by atoms with Gasteiger partial charge in [0.25, 0.3) is 0 Å². The third-order valence-corrected chi connectivity index (χ3v) is 3.50. The molecule has 0 bridgehead atoms. The topological polar surface area (TPSA) is 56.2 Å². The number of carbonyl (C=O) groups is 1. The third-order valence-electron chi connectivity index (χ3n) is 3.26. The molecule has 5 nitrogen and oxygen atoms in total. The Hall–Kier alpha value is -2.01. The van der Waals surface area contributed by atoms with Gasteiger partial charge >= 0.3 is 0 Å². The molecule has 20 heavy (non-hydrogen) atoms. The Morgan fingerprint density at radius 1 is 1.50 bits per heavy atom. The van der Waals surface area contributed by atoms with Gasteiger partial charge in [-0.15, -0.1) is 0 Å². The van der Waals surface area contributed by atoms with Crippen LogP contribution in [0.1, 0.15) is 5.56 Å². The van der Waals surface area contributed by atoms with Crippen LogP contribution in [0.4, 0.5) is 5.82 Å². The van der Waals surface area contributed by atoms with Crippen LogP contribution in [-0.2, 0) is 18.3 Å². The van der Waals surface area contributed by atoms with Crippen LogP contribution in [0.5, 0.6) is 5.75 Å². The summed E-state index contributed by atoms with van der Waals surface area (Å²) >= 11 is 5.97. The molecule has 2 heterocycles. The SMILES string of the molecule is Cn1ccc(NC(=O)C2COc3ccc(Cl)cc3C2)n1. The Balaban J connectivity index is 1.71. The number of fused-ring (bicyclic) bond motifs is 1. The Morgan fingerprint density at radius 3 is 3.10 bits per heavy atom. The molecular weight excluding hydrogens is 278 g/mol. The summed E-state index contributed by atoms with van der Waals surface area (Å²) in [5, 5.41) is 7.57. The van der Waals surface area contributed by atoms with Gasteiger partial charge in [-0.3, -0.25) is 9.48 Å². The molecule has 0 spiro atoms. The van der Waals surface area contributed by atoms with Crippen molar-refractivity contribution in [3.8, 4) is 5.75 Å².